The zero-order valence-electron chi connectivity index (χ0n) is 16.1. The van der Waals surface area contributed by atoms with E-state index in [0.29, 0.717) is 22.9 Å². The molecular formula is C21H25NO5S. The maximum atomic E-state index is 13.1. The molecule has 1 aromatic rings. The monoisotopic (exact) mass is 403 g/mol. The van der Waals surface area contributed by atoms with Gasteiger partial charge >= 0.3 is 11.9 Å². The first-order valence-corrected chi connectivity index (χ1v) is 10.8. The summed E-state index contributed by atoms with van der Waals surface area (Å²) in [5.41, 5.74) is 1.45. The molecule has 1 amide bonds. The number of fused-ring (bicyclic) bond motifs is 3. The first-order valence-electron chi connectivity index (χ1n) is 9.94. The average molecular weight is 404 g/mol. The molecule has 5 atom stereocenters. The van der Waals surface area contributed by atoms with E-state index in [1.54, 1.807) is 6.92 Å². The Morgan fingerprint density at radius 3 is 2.64 bits per heavy atom. The summed E-state index contributed by atoms with van der Waals surface area (Å²) in [4.78, 5) is 38.5. The Morgan fingerprint density at radius 1 is 1.25 bits per heavy atom. The summed E-state index contributed by atoms with van der Waals surface area (Å²) in [6.45, 7) is 4.21. The topological polar surface area (TPSA) is 92.7 Å². The van der Waals surface area contributed by atoms with Gasteiger partial charge in [0.1, 0.15) is 5.00 Å². The first-order chi connectivity index (χ1) is 13.4. The minimum absolute atomic E-state index is 0.0493. The number of carbonyl (C=O) groups excluding carboxylic acids is 2. The molecule has 4 rings (SSSR count). The summed E-state index contributed by atoms with van der Waals surface area (Å²) < 4.78 is 5.25. The zero-order valence-corrected chi connectivity index (χ0v) is 16.9. The van der Waals surface area contributed by atoms with Crippen molar-refractivity contribution in [2.75, 3.05) is 11.9 Å². The number of thiophene rings is 1. The normalized spacial score (nSPS) is 30.1. The van der Waals surface area contributed by atoms with Crippen LogP contribution in [0.1, 0.15) is 47.5 Å². The van der Waals surface area contributed by atoms with Crippen LogP contribution in [0.15, 0.2) is 12.2 Å². The number of aliphatic carboxylic acids is 1. The molecule has 3 aliphatic rings. The number of allylic oxidation sites excluding steroid dienone is 2. The van der Waals surface area contributed by atoms with Crippen molar-refractivity contribution in [3.8, 4) is 0 Å². The molecule has 1 fully saturated rings. The third-order valence-electron chi connectivity index (χ3n) is 6.28. The van der Waals surface area contributed by atoms with E-state index in [9.17, 15) is 19.5 Å². The van der Waals surface area contributed by atoms with Crippen LogP contribution in [0.5, 0.6) is 0 Å². The summed E-state index contributed by atoms with van der Waals surface area (Å²) >= 11 is 1.44. The van der Waals surface area contributed by atoms with Crippen molar-refractivity contribution in [2.45, 2.75) is 39.5 Å². The van der Waals surface area contributed by atoms with E-state index >= 15 is 0 Å². The van der Waals surface area contributed by atoms with Crippen molar-refractivity contribution >= 4 is 34.2 Å². The summed E-state index contributed by atoms with van der Waals surface area (Å²) in [5.74, 6) is -2.53. The van der Waals surface area contributed by atoms with Gasteiger partial charge in [-0.15, -0.1) is 11.3 Å². The molecule has 2 N–H and O–H groups in total. The van der Waals surface area contributed by atoms with E-state index in [0.717, 1.165) is 29.7 Å². The lowest BCUT2D eigenvalue weighted by Gasteiger charge is -2.23. The van der Waals surface area contributed by atoms with Crippen molar-refractivity contribution < 1.29 is 24.2 Å². The molecule has 1 aromatic heterocycles. The van der Waals surface area contributed by atoms with E-state index in [4.69, 9.17) is 4.74 Å². The molecule has 28 heavy (non-hydrogen) atoms. The third kappa shape index (κ3) is 3.15. The van der Waals surface area contributed by atoms with Crippen LogP contribution in [0.2, 0.25) is 0 Å². The maximum Gasteiger partial charge on any atom is 0.341 e. The van der Waals surface area contributed by atoms with Crippen molar-refractivity contribution in [3.05, 3.63) is 28.2 Å². The molecule has 6 nitrogen and oxygen atoms in total. The number of esters is 1. The average Bonchev–Trinajstić information content (AvgIpc) is 3.33. The van der Waals surface area contributed by atoms with Crippen molar-refractivity contribution in [1.82, 2.24) is 0 Å². The summed E-state index contributed by atoms with van der Waals surface area (Å²) in [6.07, 6.45) is 7.27. The van der Waals surface area contributed by atoms with E-state index in [1.807, 2.05) is 12.2 Å². The number of carbonyl (C=O) groups is 3. The molecule has 0 spiro atoms. The van der Waals surface area contributed by atoms with Gasteiger partial charge in [-0.2, -0.15) is 0 Å². The van der Waals surface area contributed by atoms with Gasteiger partial charge in [0.15, 0.2) is 0 Å². The molecule has 0 radical (unpaired) electrons. The number of carboxylic acids is 1. The first kappa shape index (κ1) is 19.2. The Labute approximate surface area is 168 Å². The molecule has 0 saturated heterocycles. The Morgan fingerprint density at radius 2 is 1.96 bits per heavy atom. The summed E-state index contributed by atoms with van der Waals surface area (Å²) in [7, 11) is 0. The van der Waals surface area contributed by atoms with E-state index in [2.05, 4.69) is 12.2 Å². The number of amides is 1. The predicted molar refractivity (Wildman–Crippen MR) is 105 cm³/mol. The smallest absolute Gasteiger partial charge is 0.341 e. The molecule has 1 saturated carbocycles. The van der Waals surface area contributed by atoms with Gasteiger partial charge in [-0.3, -0.25) is 9.59 Å². The number of rotatable bonds is 5. The largest absolute Gasteiger partial charge is 0.481 e. The minimum atomic E-state index is -0.929. The van der Waals surface area contributed by atoms with Crippen LogP contribution in [0, 0.1) is 29.6 Å². The van der Waals surface area contributed by atoms with Gasteiger partial charge in [-0.05, 0) is 55.9 Å². The summed E-state index contributed by atoms with van der Waals surface area (Å²) in [6, 6.07) is 0. The second-order valence-electron chi connectivity index (χ2n) is 8.10. The van der Waals surface area contributed by atoms with E-state index in [-0.39, 0.29) is 24.3 Å². The maximum absolute atomic E-state index is 13.1. The molecule has 7 heteroatoms. The molecule has 2 bridgehead atoms. The second-order valence-corrected chi connectivity index (χ2v) is 9.21. The van der Waals surface area contributed by atoms with Gasteiger partial charge in [0.2, 0.25) is 5.91 Å². The Balaban J connectivity index is 1.64. The molecule has 3 aliphatic carbocycles. The predicted octanol–water partition coefficient (Wildman–Crippen LogP) is 3.51. The van der Waals surface area contributed by atoms with Crippen molar-refractivity contribution in [1.29, 1.82) is 0 Å². The lowest BCUT2D eigenvalue weighted by molar-refractivity contribution is -0.146. The van der Waals surface area contributed by atoms with Crippen molar-refractivity contribution in [3.63, 3.8) is 0 Å². The Bertz CT molecular complexity index is 857. The Kier molecular flexibility index (Phi) is 5.04. The number of hydrogen-bond acceptors (Lipinski definition) is 5. The van der Waals surface area contributed by atoms with Crippen LogP contribution in [-0.2, 0) is 27.2 Å². The fraction of sp³-hybridized carbons (Fsp3) is 0.571. The van der Waals surface area contributed by atoms with Gasteiger partial charge in [0.05, 0.1) is 24.0 Å². The highest BCUT2D eigenvalue weighted by atomic mass is 32.1. The van der Waals surface area contributed by atoms with Gasteiger partial charge in [-0.25, -0.2) is 4.79 Å². The lowest BCUT2D eigenvalue weighted by atomic mass is 9.82. The SMILES string of the molecule is CCOC(=O)c1c(NC(=O)[C@H]2[C@@H](C(=O)O)[C@H]3C=C[C@@H]2C3)sc2c1CC[C@@H](C)C2. The van der Waals surface area contributed by atoms with Gasteiger partial charge in [-0.1, -0.05) is 19.1 Å². The van der Waals surface area contributed by atoms with Crippen LogP contribution < -0.4 is 5.32 Å². The van der Waals surface area contributed by atoms with Crippen molar-refractivity contribution in [2.24, 2.45) is 29.6 Å². The highest BCUT2D eigenvalue weighted by Crippen LogP contribution is 2.49. The van der Waals surface area contributed by atoms with E-state index < -0.39 is 23.8 Å². The van der Waals surface area contributed by atoms with Crippen LogP contribution in [-0.4, -0.2) is 29.6 Å². The van der Waals surface area contributed by atoms with Crippen LogP contribution in [0.4, 0.5) is 5.00 Å². The lowest BCUT2D eigenvalue weighted by Crippen LogP contribution is -2.36. The molecule has 0 aliphatic heterocycles. The van der Waals surface area contributed by atoms with Crippen LogP contribution >= 0.6 is 11.3 Å². The minimum Gasteiger partial charge on any atom is -0.481 e. The number of anilines is 1. The number of nitrogens with one attached hydrogen (secondary N) is 1. The standard InChI is InChI=1S/C21H25NO5S/c1-3-27-21(26)17-13-7-4-10(2)8-14(13)28-19(17)22-18(23)15-11-5-6-12(9-11)16(15)20(24)25/h5-6,10-12,15-16H,3-4,7-9H2,1-2H3,(H,22,23)(H,24,25)/t10-,11-,12+,15-,16+/m1/s1. The highest BCUT2D eigenvalue weighted by Gasteiger charge is 2.51. The molecule has 0 unspecified atom stereocenters. The third-order valence-corrected chi connectivity index (χ3v) is 7.44. The van der Waals surface area contributed by atoms with Crippen LogP contribution in [0.25, 0.3) is 0 Å². The molecule has 150 valence electrons. The molecule has 0 aromatic carbocycles. The number of ether oxygens (including phenoxy) is 1. The zero-order chi connectivity index (χ0) is 20.0. The van der Waals surface area contributed by atoms with Gasteiger partial charge < -0.3 is 15.2 Å². The second kappa shape index (κ2) is 7.35. The van der Waals surface area contributed by atoms with Gasteiger partial charge in [0.25, 0.3) is 0 Å². The molecule has 1 heterocycles. The Hall–Kier alpha value is -2.15. The molecular weight excluding hydrogens is 378 g/mol. The number of hydrogen-bond donors (Lipinski definition) is 2. The quantitative estimate of drug-likeness (QED) is 0.580. The fourth-order valence-electron chi connectivity index (χ4n) is 4.97. The number of carboxylic acid groups (broad SMARTS) is 1. The van der Waals surface area contributed by atoms with Gasteiger partial charge in [0, 0.05) is 4.88 Å². The van der Waals surface area contributed by atoms with Crippen LogP contribution in [0.3, 0.4) is 0 Å². The fourth-order valence-corrected chi connectivity index (χ4v) is 6.37. The highest BCUT2D eigenvalue weighted by molar-refractivity contribution is 7.17. The summed E-state index contributed by atoms with van der Waals surface area (Å²) in [5, 5.41) is 13.0. The van der Waals surface area contributed by atoms with E-state index in [1.165, 1.54) is 11.3 Å².